The molecule has 0 saturated carbocycles. The van der Waals surface area contributed by atoms with Crippen LogP contribution in [0.2, 0.25) is 0 Å². The summed E-state index contributed by atoms with van der Waals surface area (Å²) in [6, 6.07) is 15.1. The minimum absolute atomic E-state index is 0.0534. The summed E-state index contributed by atoms with van der Waals surface area (Å²) in [5, 5.41) is 0. The Morgan fingerprint density at radius 1 is 1.00 bits per heavy atom. The molecule has 0 heterocycles. The lowest BCUT2D eigenvalue weighted by molar-refractivity contribution is 0.897. The number of fused-ring (bicyclic) bond motifs is 3. The van der Waals surface area contributed by atoms with E-state index in [2.05, 4.69) is 49.4 Å². The average molecular weight is 209 g/mol. The van der Waals surface area contributed by atoms with Crippen molar-refractivity contribution in [2.45, 2.75) is 19.4 Å². The van der Waals surface area contributed by atoms with E-state index in [1.807, 2.05) is 0 Å². The Balaban J connectivity index is 2.24. The van der Waals surface area contributed by atoms with E-state index >= 15 is 0 Å². The number of aryl methyl sites for hydroxylation is 1. The van der Waals surface area contributed by atoms with Crippen molar-refractivity contribution in [3.05, 3.63) is 59.2 Å². The summed E-state index contributed by atoms with van der Waals surface area (Å²) in [5.41, 5.74) is 12.8. The van der Waals surface area contributed by atoms with Gasteiger partial charge in [0.25, 0.3) is 0 Å². The van der Waals surface area contributed by atoms with Gasteiger partial charge in [-0.15, -0.1) is 0 Å². The molecule has 80 valence electrons. The van der Waals surface area contributed by atoms with E-state index in [4.69, 9.17) is 5.73 Å². The zero-order valence-corrected chi connectivity index (χ0v) is 9.40. The molecule has 1 unspecified atom stereocenters. The van der Waals surface area contributed by atoms with Crippen LogP contribution < -0.4 is 5.73 Å². The lowest BCUT2D eigenvalue weighted by Crippen LogP contribution is -2.08. The first-order valence-corrected chi connectivity index (χ1v) is 5.79. The van der Waals surface area contributed by atoms with Crippen molar-refractivity contribution in [3.63, 3.8) is 0 Å². The molecule has 1 nitrogen and oxygen atoms in total. The van der Waals surface area contributed by atoms with Crippen LogP contribution in [0.25, 0.3) is 11.1 Å². The van der Waals surface area contributed by atoms with Gasteiger partial charge < -0.3 is 5.73 Å². The van der Waals surface area contributed by atoms with Gasteiger partial charge in [0.1, 0.15) is 0 Å². The van der Waals surface area contributed by atoms with Crippen LogP contribution in [-0.2, 0) is 6.42 Å². The fourth-order valence-electron chi connectivity index (χ4n) is 2.52. The molecular formula is C15H15N. The lowest BCUT2D eigenvalue weighted by Gasteiger charge is -2.07. The molecule has 1 atom stereocenters. The van der Waals surface area contributed by atoms with Gasteiger partial charge in [-0.25, -0.2) is 0 Å². The summed E-state index contributed by atoms with van der Waals surface area (Å²) in [6.07, 6.45) is 1.07. The molecule has 0 spiro atoms. The highest BCUT2D eigenvalue weighted by atomic mass is 14.7. The SMILES string of the molecule is CCc1ccc2c(c1)C(N)c1ccccc1-2. The van der Waals surface area contributed by atoms with Crippen LogP contribution in [0, 0.1) is 0 Å². The second kappa shape index (κ2) is 3.46. The summed E-state index contributed by atoms with van der Waals surface area (Å²) in [7, 11) is 0. The van der Waals surface area contributed by atoms with Crippen molar-refractivity contribution in [2.75, 3.05) is 0 Å². The number of hydrogen-bond donors (Lipinski definition) is 1. The van der Waals surface area contributed by atoms with Crippen molar-refractivity contribution < 1.29 is 0 Å². The number of nitrogens with two attached hydrogens (primary N) is 1. The van der Waals surface area contributed by atoms with E-state index in [1.54, 1.807) is 0 Å². The number of rotatable bonds is 1. The molecule has 1 aliphatic carbocycles. The third-order valence-electron chi connectivity index (χ3n) is 3.45. The molecule has 2 N–H and O–H groups in total. The Morgan fingerprint density at radius 2 is 1.75 bits per heavy atom. The van der Waals surface area contributed by atoms with Gasteiger partial charge in [0.2, 0.25) is 0 Å². The monoisotopic (exact) mass is 209 g/mol. The van der Waals surface area contributed by atoms with Crippen molar-refractivity contribution >= 4 is 0 Å². The molecule has 0 saturated heterocycles. The summed E-state index contributed by atoms with van der Waals surface area (Å²) >= 11 is 0. The Labute approximate surface area is 95.9 Å². The fraction of sp³-hybridized carbons (Fsp3) is 0.200. The highest BCUT2D eigenvalue weighted by Gasteiger charge is 2.24. The van der Waals surface area contributed by atoms with Gasteiger partial charge in [-0.1, -0.05) is 49.4 Å². The maximum absolute atomic E-state index is 6.28. The van der Waals surface area contributed by atoms with E-state index < -0.39 is 0 Å². The molecule has 1 heteroatoms. The van der Waals surface area contributed by atoms with Crippen molar-refractivity contribution in [1.82, 2.24) is 0 Å². The Kier molecular flexibility index (Phi) is 2.08. The van der Waals surface area contributed by atoms with E-state index in [0.717, 1.165) is 6.42 Å². The van der Waals surface area contributed by atoms with Crippen molar-refractivity contribution in [2.24, 2.45) is 5.73 Å². The van der Waals surface area contributed by atoms with Crippen LogP contribution in [0.4, 0.5) is 0 Å². The Hall–Kier alpha value is -1.60. The first kappa shape index (κ1) is 9.61. The summed E-state index contributed by atoms with van der Waals surface area (Å²) in [4.78, 5) is 0. The van der Waals surface area contributed by atoms with E-state index in [0.29, 0.717) is 0 Å². The van der Waals surface area contributed by atoms with Gasteiger partial charge in [-0.05, 0) is 34.2 Å². The van der Waals surface area contributed by atoms with Crippen LogP contribution in [-0.4, -0.2) is 0 Å². The molecule has 0 fully saturated rings. The zero-order valence-electron chi connectivity index (χ0n) is 9.40. The maximum Gasteiger partial charge on any atom is 0.0564 e. The van der Waals surface area contributed by atoms with Gasteiger partial charge >= 0.3 is 0 Å². The van der Waals surface area contributed by atoms with Crippen LogP contribution in [0.5, 0.6) is 0 Å². The predicted octanol–water partition coefficient (Wildman–Crippen LogP) is 3.28. The van der Waals surface area contributed by atoms with Crippen LogP contribution in [0.3, 0.4) is 0 Å². The molecule has 3 rings (SSSR count). The quantitative estimate of drug-likeness (QED) is 0.766. The molecule has 1 aliphatic rings. The molecule has 0 amide bonds. The van der Waals surface area contributed by atoms with Gasteiger partial charge in [-0.2, -0.15) is 0 Å². The van der Waals surface area contributed by atoms with Gasteiger partial charge in [-0.3, -0.25) is 0 Å². The minimum Gasteiger partial charge on any atom is -0.320 e. The average Bonchev–Trinajstić information content (AvgIpc) is 2.64. The minimum atomic E-state index is 0.0534. The molecular weight excluding hydrogens is 194 g/mol. The molecule has 0 radical (unpaired) electrons. The molecule has 0 bridgehead atoms. The third-order valence-corrected chi connectivity index (χ3v) is 3.45. The largest absolute Gasteiger partial charge is 0.320 e. The highest BCUT2D eigenvalue weighted by Crippen LogP contribution is 2.42. The first-order chi connectivity index (χ1) is 7.81. The predicted molar refractivity (Wildman–Crippen MR) is 67.3 cm³/mol. The second-order valence-corrected chi connectivity index (χ2v) is 4.34. The van der Waals surface area contributed by atoms with E-state index in [1.165, 1.54) is 27.8 Å². The summed E-state index contributed by atoms with van der Waals surface area (Å²) in [5.74, 6) is 0. The van der Waals surface area contributed by atoms with E-state index in [-0.39, 0.29) is 6.04 Å². The van der Waals surface area contributed by atoms with E-state index in [9.17, 15) is 0 Å². The van der Waals surface area contributed by atoms with Crippen LogP contribution in [0.1, 0.15) is 29.7 Å². The van der Waals surface area contributed by atoms with Crippen LogP contribution in [0.15, 0.2) is 42.5 Å². The molecule has 2 aromatic rings. The highest BCUT2D eigenvalue weighted by molar-refractivity contribution is 5.78. The Morgan fingerprint density at radius 3 is 2.56 bits per heavy atom. The number of benzene rings is 2. The lowest BCUT2D eigenvalue weighted by atomic mass is 10.0. The van der Waals surface area contributed by atoms with Crippen LogP contribution >= 0.6 is 0 Å². The smallest absolute Gasteiger partial charge is 0.0564 e. The third kappa shape index (κ3) is 1.22. The normalized spacial score (nSPS) is 17.0. The van der Waals surface area contributed by atoms with Crippen molar-refractivity contribution in [3.8, 4) is 11.1 Å². The molecule has 2 aromatic carbocycles. The first-order valence-electron chi connectivity index (χ1n) is 5.79. The summed E-state index contributed by atoms with van der Waals surface area (Å²) < 4.78 is 0. The fourth-order valence-corrected chi connectivity index (χ4v) is 2.52. The van der Waals surface area contributed by atoms with Gasteiger partial charge in [0.15, 0.2) is 0 Å². The molecule has 0 aliphatic heterocycles. The maximum atomic E-state index is 6.28. The number of hydrogen-bond acceptors (Lipinski definition) is 1. The Bertz CT molecular complexity index is 543. The zero-order chi connectivity index (χ0) is 11.1. The summed E-state index contributed by atoms with van der Waals surface area (Å²) in [6.45, 7) is 2.18. The standard InChI is InChI=1S/C15H15N/c1-2-10-7-8-12-11-5-3-4-6-13(11)15(16)14(12)9-10/h3-9,15H,2,16H2,1H3. The van der Waals surface area contributed by atoms with Gasteiger partial charge in [0.05, 0.1) is 6.04 Å². The topological polar surface area (TPSA) is 26.0 Å². The molecule has 16 heavy (non-hydrogen) atoms. The van der Waals surface area contributed by atoms with Crippen molar-refractivity contribution in [1.29, 1.82) is 0 Å². The second-order valence-electron chi connectivity index (χ2n) is 4.34. The molecule has 0 aromatic heterocycles. The van der Waals surface area contributed by atoms with Gasteiger partial charge in [0, 0.05) is 0 Å².